The van der Waals surface area contributed by atoms with Crippen molar-refractivity contribution in [3.63, 3.8) is 0 Å². The van der Waals surface area contributed by atoms with Gasteiger partial charge in [0.25, 0.3) is 17.5 Å². The summed E-state index contributed by atoms with van der Waals surface area (Å²) in [5.41, 5.74) is 0.156. The van der Waals surface area contributed by atoms with Crippen molar-refractivity contribution in [2.24, 2.45) is 0 Å². The lowest BCUT2D eigenvalue weighted by Gasteiger charge is -2.35. The van der Waals surface area contributed by atoms with Gasteiger partial charge in [0.05, 0.1) is 27.7 Å². The van der Waals surface area contributed by atoms with Gasteiger partial charge in [-0.05, 0) is 6.07 Å². The first kappa shape index (κ1) is 19.5. The van der Waals surface area contributed by atoms with Gasteiger partial charge >= 0.3 is 0 Å². The first-order valence-electron chi connectivity index (χ1n) is 8.49. The van der Waals surface area contributed by atoms with E-state index in [1.807, 2.05) is 0 Å². The fourth-order valence-corrected chi connectivity index (χ4v) is 4.44. The largest absolute Gasteiger partial charge is 0.370 e. The molecule has 8 nitrogen and oxygen atoms in total. The standard InChI is InChI=1S/C16H19F2N3O5S/c17-16(18)3-5-19(6-4-16)14-11-12(21(23)24)1-2-13(14)15(22)20-7-9-27(25,26)10-8-20/h1-2,11H,3-10H2. The number of amides is 1. The molecule has 2 fully saturated rings. The van der Waals surface area contributed by atoms with Crippen LogP contribution in [0.1, 0.15) is 23.2 Å². The van der Waals surface area contributed by atoms with Crippen molar-refractivity contribution < 1.29 is 26.9 Å². The number of anilines is 1. The van der Waals surface area contributed by atoms with Crippen molar-refractivity contribution in [3.05, 3.63) is 33.9 Å². The molecule has 0 atom stereocenters. The van der Waals surface area contributed by atoms with E-state index >= 15 is 0 Å². The van der Waals surface area contributed by atoms with Crippen LogP contribution in [0.2, 0.25) is 0 Å². The molecule has 1 amide bonds. The van der Waals surface area contributed by atoms with Crippen LogP contribution in [0.5, 0.6) is 0 Å². The zero-order chi connectivity index (χ0) is 19.8. The zero-order valence-electron chi connectivity index (χ0n) is 14.4. The van der Waals surface area contributed by atoms with Crippen molar-refractivity contribution in [1.29, 1.82) is 0 Å². The molecule has 2 aliphatic rings. The molecule has 1 aromatic rings. The van der Waals surface area contributed by atoms with Crippen LogP contribution in [0.3, 0.4) is 0 Å². The summed E-state index contributed by atoms with van der Waals surface area (Å²) in [6.45, 7) is 0.0248. The number of piperidine rings is 1. The highest BCUT2D eigenvalue weighted by molar-refractivity contribution is 7.91. The maximum atomic E-state index is 13.5. The summed E-state index contributed by atoms with van der Waals surface area (Å²) >= 11 is 0. The lowest BCUT2D eigenvalue weighted by atomic mass is 10.0. The lowest BCUT2D eigenvalue weighted by Crippen LogP contribution is -2.45. The Morgan fingerprint density at radius 2 is 1.70 bits per heavy atom. The number of non-ortho nitro benzene ring substituents is 1. The number of benzene rings is 1. The Kier molecular flexibility index (Phi) is 5.06. The van der Waals surface area contributed by atoms with Gasteiger partial charge in [0.15, 0.2) is 9.84 Å². The van der Waals surface area contributed by atoms with E-state index in [0.29, 0.717) is 0 Å². The molecule has 11 heteroatoms. The predicted molar refractivity (Wildman–Crippen MR) is 94.0 cm³/mol. The van der Waals surface area contributed by atoms with Crippen LogP contribution in [0.25, 0.3) is 0 Å². The molecule has 27 heavy (non-hydrogen) atoms. The summed E-state index contributed by atoms with van der Waals surface area (Å²) in [5.74, 6) is -3.52. The van der Waals surface area contributed by atoms with Crippen molar-refractivity contribution >= 4 is 27.1 Å². The number of nitro benzene ring substituents is 1. The number of nitro groups is 1. The van der Waals surface area contributed by atoms with Crippen molar-refractivity contribution in [2.75, 3.05) is 42.6 Å². The van der Waals surface area contributed by atoms with E-state index in [-0.39, 0.29) is 54.6 Å². The monoisotopic (exact) mass is 403 g/mol. The first-order chi connectivity index (χ1) is 12.6. The Labute approximate surface area is 154 Å². The molecule has 0 saturated carbocycles. The normalized spacial score (nSPS) is 21.7. The first-order valence-corrected chi connectivity index (χ1v) is 10.3. The van der Waals surface area contributed by atoms with Crippen LogP contribution in [0.15, 0.2) is 18.2 Å². The fourth-order valence-electron chi connectivity index (χ4n) is 3.24. The molecule has 0 radical (unpaired) electrons. The number of carbonyl (C=O) groups is 1. The average molecular weight is 403 g/mol. The zero-order valence-corrected chi connectivity index (χ0v) is 15.3. The van der Waals surface area contributed by atoms with Gasteiger partial charge in [-0.15, -0.1) is 0 Å². The molecule has 2 aliphatic heterocycles. The Morgan fingerprint density at radius 3 is 2.26 bits per heavy atom. The number of halogens is 2. The Morgan fingerprint density at radius 1 is 1.11 bits per heavy atom. The van der Waals surface area contributed by atoms with E-state index in [4.69, 9.17) is 0 Å². The molecule has 0 bridgehead atoms. The summed E-state index contributed by atoms with van der Waals surface area (Å²) in [4.78, 5) is 26.3. The predicted octanol–water partition coefficient (Wildman–Crippen LogP) is 1.70. The number of rotatable bonds is 3. The van der Waals surface area contributed by atoms with Gasteiger partial charge in [0, 0.05) is 51.2 Å². The SMILES string of the molecule is O=C(c1ccc([N+](=O)[O-])cc1N1CCC(F)(F)CC1)N1CCS(=O)(=O)CC1. The number of carbonyl (C=O) groups excluding carboxylic acids is 1. The van der Waals surface area contributed by atoms with E-state index in [0.717, 1.165) is 0 Å². The van der Waals surface area contributed by atoms with Crippen LogP contribution in [0, 0.1) is 10.1 Å². The summed E-state index contributed by atoms with van der Waals surface area (Å²) in [6.07, 6.45) is -0.795. The number of sulfone groups is 1. The number of nitrogens with zero attached hydrogens (tertiary/aromatic N) is 3. The minimum atomic E-state index is -3.17. The minimum Gasteiger partial charge on any atom is -0.370 e. The minimum absolute atomic E-state index is 0.0250. The van der Waals surface area contributed by atoms with Gasteiger partial charge in [-0.25, -0.2) is 17.2 Å². The Bertz CT molecular complexity index is 851. The molecule has 148 valence electrons. The maximum Gasteiger partial charge on any atom is 0.271 e. The van der Waals surface area contributed by atoms with Gasteiger partial charge in [0.1, 0.15) is 0 Å². The quantitative estimate of drug-likeness (QED) is 0.562. The highest BCUT2D eigenvalue weighted by Crippen LogP contribution is 2.34. The topological polar surface area (TPSA) is 101 Å². The van der Waals surface area contributed by atoms with Gasteiger partial charge in [-0.3, -0.25) is 14.9 Å². The Balaban J connectivity index is 1.90. The second-order valence-corrected chi connectivity index (χ2v) is 9.05. The smallest absolute Gasteiger partial charge is 0.271 e. The van der Waals surface area contributed by atoms with Crippen molar-refractivity contribution in [2.45, 2.75) is 18.8 Å². The van der Waals surface area contributed by atoms with Gasteiger partial charge in [-0.2, -0.15) is 0 Å². The molecule has 0 N–H and O–H groups in total. The molecular formula is C16H19F2N3O5S. The second kappa shape index (κ2) is 7.02. The molecule has 0 aromatic heterocycles. The molecular weight excluding hydrogens is 384 g/mol. The number of alkyl halides is 2. The third-order valence-corrected chi connectivity index (χ3v) is 6.50. The molecule has 2 saturated heterocycles. The van der Waals surface area contributed by atoms with Crippen molar-refractivity contribution in [3.8, 4) is 0 Å². The van der Waals surface area contributed by atoms with Crippen LogP contribution in [-0.2, 0) is 9.84 Å². The second-order valence-electron chi connectivity index (χ2n) is 6.75. The van der Waals surface area contributed by atoms with Crippen LogP contribution in [0.4, 0.5) is 20.2 Å². The summed E-state index contributed by atoms with van der Waals surface area (Å²) in [5, 5.41) is 11.1. The van der Waals surface area contributed by atoms with E-state index in [1.165, 1.54) is 23.1 Å². The molecule has 0 spiro atoms. The van der Waals surface area contributed by atoms with Gasteiger partial charge in [0.2, 0.25) is 0 Å². The number of hydrogen-bond donors (Lipinski definition) is 0. The van der Waals surface area contributed by atoms with E-state index in [9.17, 15) is 32.1 Å². The van der Waals surface area contributed by atoms with Crippen molar-refractivity contribution in [1.82, 2.24) is 4.90 Å². The molecule has 1 aromatic carbocycles. The summed E-state index contributed by atoms with van der Waals surface area (Å²) in [7, 11) is -3.17. The van der Waals surface area contributed by atoms with Gasteiger partial charge < -0.3 is 9.80 Å². The van der Waals surface area contributed by atoms with Crippen LogP contribution in [-0.4, -0.2) is 67.8 Å². The van der Waals surface area contributed by atoms with E-state index < -0.39 is 39.4 Å². The van der Waals surface area contributed by atoms with Crippen LogP contribution < -0.4 is 4.90 Å². The molecule has 0 aliphatic carbocycles. The molecule has 0 unspecified atom stereocenters. The average Bonchev–Trinajstić information content (AvgIpc) is 2.60. The fraction of sp³-hybridized carbons (Fsp3) is 0.562. The number of hydrogen-bond acceptors (Lipinski definition) is 6. The van der Waals surface area contributed by atoms with E-state index in [2.05, 4.69) is 0 Å². The summed E-state index contributed by atoms with van der Waals surface area (Å²) < 4.78 is 50.0. The third-order valence-electron chi connectivity index (χ3n) is 4.89. The highest BCUT2D eigenvalue weighted by Gasteiger charge is 2.36. The maximum absolute atomic E-state index is 13.5. The Hall–Kier alpha value is -2.30. The highest BCUT2D eigenvalue weighted by atomic mass is 32.2. The third kappa shape index (κ3) is 4.34. The molecule has 3 rings (SSSR count). The van der Waals surface area contributed by atoms with Gasteiger partial charge in [-0.1, -0.05) is 0 Å². The molecule has 2 heterocycles. The van der Waals surface area contributed by atoms with E-state index in [1.54, 1.807) is 4.90 Å². The lowest BCUT2D eigenvalue weighted by molar-refractivity contribution is -0.384. The van der Waals surface area contributed by atoms with Crippen LogP contribution >= 0.6 is 0 Å². The summed E-state index contributed by atoms with van der Waals surface area (Å²) in [6, 6.07) is 3.72.